The summed E-state index contributed by atoms with van der Waals surface area (Å²) in [6, 6.07) is 7.04. The summed E-state index contributed by atoms with van der Waals surface area (Å²) >= 11 is 0. The third-order valence-electron chi connectivity index (χ3n) is 3.08. The highest BCUT2D eigenvalue weighted by molar-refractivity contribution is 5.51. The van der Waals surface area contributed by atoms with Gasteiger partial charge in [-0.3, -0.25) is 0 Å². The molecule has 15 heavy (non-hydrogen) atoms. The molecule has 0 bridgehead atoms. The van der Waals surface area contributed by atoms with Gasteiger partial charge >= 0.3 is 0 Å². The lowest BCUT2D eigenvalue weighted by Crippen LogP contribution is -2.37. The minimum Gasteiger partial charge on any atom is -0.369 e. The molecule has 1 saturated carbocycles. The maximum Gasteiger partial charge on any atom is 0.147 e. The minimum absolute atomic E-state index is 0.302. The Morgan fingerprint density at radius 2 is 2.20 bits per heavy atom. The molecule has 0 spiro atoms. The molecule has 1 aliphatic carbocycles. The zero-order valence-corrected chi connectivity index (χ0v) is 8.70. The maximum atomic E-state index is 13.6. The van der Waals surface area contributed by atoms with Crippen LogP contribution >= 0.6 is 0 Å². The van der Waals surface area contributed by atoms with E-state index >= 15 is 0 Å². The summed E-state index contributed by atoms with van der Waals surface area (Å²) in [6.45, 7) is 0. The van der Waals surface area contributed by atoms with Crippen LogP contribution in [0.25, 0.3) is 0 Å². The molecular formula is C12H13FN2. The van der Waals surface area contributed by atoms with Crippen molar-refractivity contribution < 1.29 is 4.39 Å². The first-order valence-corrected chi connectivity index (χ1v) is 5.15. The zero-order chi connectivity index (χ0) is 10.8. The molecule has 0 saturated heterocycles. The quantitative estimate of drug-likeness (QED) is 0.740. The second kappa shape index (κ2) is 3.90. The Labute approximate surface area is 88.9 Å². The molecule has 2 nitrogen and oxygen atoms in total. The van der Waals surface area contributed by atoms with Crippen LogP contribution in [0.5, 0.6) is 0 Å². The van der Waals surface area contributed by atoms with E-state index in [-0.39, 0.29) is 5.82 Å². The molecule has 0 unspecified atom stereocenters. The van der Waals surface area contributed by atoms with E-state index in [0.29, 0.717) is 17.3 Å². The van der Waals surface area contributed by atoms with Gasteiger partial charge < -0.3 is 4.90 Å². The van der Waals surface area contributed by atoms with Crippen molar-refractivity contribution in [2.45, 2.75) is 25.3 Å². The van der Waals surface area contributed by atoms with Gasteiger partial charge in [0.2, 0.25) is 0 Å². The van der Waals surface area contributed by atoms with Gasteiger partial charge in [-0.2, -0.15) is 5.26 Å². The number of anilines is 1. The van der Waals surface area contributed by atoms with Crippen LogP contribution in [0, 0.1) is 17.1 Å². The molecule has 2 rings (SSSR count). The number of nitriles is 1. The lowest BCUT2D eigenvalue weighted by Gasteiger charge is -2.36. The largest absolute Gasteiger partial charge is 0.369 e. The highest BCUT2D eigenvalue weighted by atomic mass is 19.1. The topological polar surface area (TPSA) is 27.0 Å². The van der Waals surface area contributed by atoms with E-state index in [2.05, 4.69) is 0 Å². The molecule has 0 N–H and O–H groups in total. The fourth-order valence-corrected chi connectivity index (χ4v) is 1.83. The SMILES string of the molecule is CN(c1ccc(C#N)cc1F)C1CCC1. The second-order valence-corrected chi connectivity index (χ2v) is 3.97. The molecule has 0 atom stereocenters. The Morgan fingerprint density at radius 1 is 1.47 bits per heavy atom. The molecule has 0 aromatic heterocycles. The summed E-state index contributed by atoms with van der Waals surface area (Å²) in [5.41, 5.74) is 0.969. The molecular weight excluding hydrogens is 191 g/mol. The van der Waals surface area contributed by atoms with Crippen molar-refractivity contribution in [1.29, 1.82) is 5.26 Å². The fraction of sp³-hybridized carbons (Fsp3) is 0.417. The summed E-state index contributed by atoms with van der Waals surface area (Å²) in [5, 5.41) is 8.63. The molecule has 0 radical (unpaired) electrons. The molecule has 0 heterocycles. The standard InChI is InChI=1S/C12H13FN2/c1-15(10-3-2-4-10)12-6-5-9(8-14)7-11(12)13/h5-7,10H,2-4H2,1H3. The Kier molecular flexibility index (Phi) is 2.59. The Hall–Kier alpha value is -1.56. The predicted octanol–water partition coefficient (Wildman–Crippen LogP) is 2.69. The van der Waals surface area contributed by atoms with Crippen LogP contribution in [0.15, 0.2) is 18.2 Å². The van der Waals surface area contributed by atoms with Gasteiger partial charge in [-0.15, -0.1) is 0 Å². The number of rotatable bonds is 2. The van der Waals surface area contributed by atoms with Crippen LogP contribution in [-0.2, 0) is 0 Å². The molecule has 1 aromatic carbocycles. The predicted molar refractivity (Wildman–Crippen MR) is 57.2 cm³/mol. The van der Waals surface area contributed by atoms with E-state index < -0.39 is 0 Å². The van der Waals surface area contributed by atoms with E-state index in [0.717, 1.165) is 12.8 Å². The van der Waals surface area contributed by atoms with Gasteiger partial charge in [-0.05, 0) is 37.5 Å². The molecule has 1 aromatic rings. The Bertz CT molecular complexity index is 405. The molecule has 1 aliphatic rings. The minimum atomic E-state index is -0.302. The number of hydrogen-bond acceptors (Lipinski definition) is 2. The fourth-order valence-electron chi connectivity index (χ4n) is 1.83. The summed E-state index contributed by atoms with van der Waals surface area (Å²) < 4.78 is 13.6. The van der Waals surface area contributed by atoms with Crippen LogP contribution in [0.4, 0.5) is 10.1 Å². The van der Waals surface area contributed by atoms with E-state index in [4.69, 9.17) is 5.26 Å². The number of nitrogens with zero attached hydrogens (tertiary/aromatic N) is 2. The third-order valence-corrected chi connectivity index (χ3v) is 3.08. The van der Waals surface area contributed by atoms with Crippen LogP contribution < -0.4 is 4.90 Å². The molecule has 3 heteroatoms. The van der Waals surface area contributed by atoms with Crippen molar-refractivity contribution in [2.24, 2.45) is 0 Å². The van der Waals surface area contributed by atoms with Crippen LogP contribution in [0.1, 0.15) is 24.8 Å². The summed E-state index contributed by atoms with van der Waals surface area (Å²) in [7, 11) is 1.91. The van der Waals surface area contributed by atoms with Crippen molar-refractivity contribution in [3.8, 4) is 6.07 Å². The summed E-state index contributed by atoms with van der Waals surface area (Å²) in [4.78, 5) is 1.97. The van der Waals surface area contributed by atoms with Gasteiger partial charge in [0.25, 0.3) is 0 Å². The number of benzene rings is 1. The molecule has 1 fully saturated rings. The van der Waals surface area contributed by atoms with Crippen LogP contribution in [0.3, 0.4) is 0 Å². The molecule has 78 valence electrons. The average molecular weight is 204 g/mol. The van der Waals surface area contributed by atoms with Crippen molar-refractivity contribution in [2.75, 3.05) is 11.9 Å². The third kappa shape index (κ3) is 1.80. The van der Waals surface area contributed by atoms with Crippen molar-refractivity contribution >= 4 is 5.69 Å². The Morgan fingerprint density at radius 3 is 2.67 bits per heavy atom. The van der Waals surface area contributed by atoms with Crippen molar-refractivity contribution in [1.82, 2.24) is 0 Å². The van der Waals surface area contributed by atoms with Crippen molar-refractivity contribution in [3.05, 3.63) is 29.6 Å². The van der Waals surface area contributed by atoms with Gasteiger partial charge in [-0.1, -0.05) is 0 Å². The van der Waals surface area contributed by atoms with E-state index in [9.17, 15) is 4.39 Å². The van der Waals surface area contributed by atoms with Gasteiger partial charge in [0.1, 0.15) is 5.82 Å². The highest BCUT2D eigenvalue weighted by Crippen LogP contribution is 2.29. The van der Waals surface area contributed by atoms with Crippen LogP contribution in [-0.4, -0.2) is 13.1 Å². The van der Waals surface area contributed by atoms with Gasteiger partial charge in [0.15, 0.2) is 0 Å². The first kappa shape index (κ1) is 9.97. The first-order chi connectivity index (χ1) is 7.22. The summed E-state index contributed by atoms with van der Waals surface area (Å²) in [5.74, 6) is -0.302. The van der Waals surface area contributed by atoms with Crippen LogP contribution in [0.2, 0.25) is 0 Å². The first-order valence-electron chi connectivity index (χ1n) is 5.15. The summed E-state index contributed by atoms with van der Waals surface area (Å²) in [6.07, 6.45) is 3.50. The normalized spacial score (nSPS) is 15.5. The molecule has 0 aliphatic heterocycles. The number of hydrogen-bond donors (Lipinski definition) is 0. The molecule has 0 amide bonds. The van der Waals surface area contributed by atoms with Gasteiger partial charge in [0, 0.05) is 13.1 Å². The van der Waals surface area contributed by atoms with Gasteiger partial charge in [0.05, 0.1) is 17.3 Å². The van der Waals surface area contributed by atoms with E-state index in [1.54, 1.807) is 12.1 Å². The van der Waals surface area contributed by atoms with E-state index in [1.165, 1.54) is 12.5 Å². The van der Waals surface area contributed by atoms with Crippen molar-refractivity contribution in [3.63, 3.8) is 0 Å². The Balaban J connectivity index is 2.24. The second-order valence-electron chi connectivity index (χ2n) is 3.97. The number of halogens is 1. The zero-order valence-electron chi connectivity index (χ0n) is 8.70. The maximum absolute atomic E-state index is 13.6. The lowest BCUT2D eigenvalue weighted by atomic mass is 9.91. The monoisotopic (exact) mass is 204 g/mol. The van der Waals surface area contributed by atoms with Gasteiger partial charge in [-0.25, -0.2) is 4.39 Å². The highest BCUT2D eigenvalue weighted by Gasteiger charge is 2.23. The lowest BCUT2D eigenvalue weighted by molar-refractivity contribution is 0.398. The smallest absolute Gasteiger partial charge is 0.147 e. The average Bonchev–Trinajstić information content (AvgIpc) is 2.14. The van der Waals surface area contributed by atoms with E-state index in [1.807, 2.05) is 18.0 Å².